The van der Waals surface area contributed by atoms with Crippen LogP contribution in [0.3, 0.4) is 0 Å². The first-order valence-corrected chi connectivity index (χ1v) is 13.9. The van der Waals surface area contributed by atoms with Crippen LogP contribution in [0.2, 0.25) is 0 Å². The molecule has 1 heterocycles. The van der Waals surface area contributed by atoms with E-state index in [9.17, 15) is 19.8 Å². The number of hydrogen-bond donors (Lipinski definition) is 4. The van der Waals surface area contributed by atoms with Gasteiger partial charge in [-0.05, 0) is 54.9 Å². The first-order valence-electron chi connectivity index (χ1n) is 13.9. The Balaban J connectivity index is 1.68. The van der Waals surface area contributed by atoms with Crippen LogP contribution in [-0.2, 0) is 26.3 Å². The third kappa shape index (κ3) is 6.46. The van der Waals surface area contributed by atoms with Crippen LogP contribution in [0.15, 0.2) is 42.5 Å². The summed E-state index contributed by atoms with van der Waals surface area (Å²) in [7, 11) is 1.27. The van der Waals surface area contributed by atoms with Gasteiger partial charge in [-0.1, -0.05) is 43.3 Å². The minimum atomic E-state index is -1.69. The van der Waals surface area contributed by atoms with E-state index in [1.807, 2.05) is 31.2 Å². The fraction of sp³-hybridized carbons (Fsp3) is 0.533. The van der Waals surface area contributed by atoms with Gasteiger partial charge in [0.05, 0.1) is 26.4 Å². The number of amides is 2. The smallest absolute Gasteiger partial charge is 0.406 e. The third-order valence-corrected chi connectivity index (χ3v) is 8.13. The van der Waals surface area contributed by atoms with E-state index < -0.39 is 41.7 Å². The van der Waals surface area contributed by atoms with Crippen LogP contribution in [0, 0.1) is 11.7 Å². The molecule has 2 aromatic carbocycles. The largest absolute Gasteiger partial charge is 0.453 e. The normalized spacial score (nSPS) is 24.4. The number of nitrogens with one attached hydrogen (secondary N) is 1. The van der Waals surface area contributed by atoms with Gasteiger partial charge in [-0.15, -0.1) is 0 Å². The zero-order valence-electron chi connectivity index (χ0n) is 23.1. The number of nitrogens with zero attached hydrogens (tertiary/aromatic N) is 1. The van der Waals surface area contributed by atoms with Gasteiger partial charge in [-0.2, -0.15) is 0 Å². The van der Waals surface area contributed by atoms with Crippen molar-refractivity contribution in [1.82, 2.24) is 10.2 Å². The van der Waals surface area contributed by atoms with Crippen molar-refractivity contribution in [2.45, 2.75) is 62.9 Å². The van der Waals surface area contributed by atoms with E-state index in [-0.39, 0.29) is 37.6 Å². The minimum Gasteiger partial charge on any atom is -0.453 e. The van der Waals surface area contributed by atoms with Crippen LogP contribution in [0.25, 0.3) is 11.1 Å². The van der Waals surface area contributed by atoms with E-state index in [0.717, 1.165) is 12.0 Å². The fourth-order valence-corrected chi connectivity index (χ4v) is 5.86. The molecule has 5 N–H and O–H groups in total. The standard InChI is InChI=1S/C30H40FN3O6/c1-3-19-7-4-8-20(15-19)27-22(9-5-10-23(27)31)30(38,11-6-12-33-29(37)39-2)26-18-34(13-14-40-26)28(36)21-16-24(32)25(35)17-21/h4-5,7-10,15,21,24-26,35,38H,3,6,11-14,16-18,32H2,1-2H3,(H,33,37)/t21-,24+,25-,26+,30+/m0/s1. The first kappa shape index (κ1) is 29.9. The van der Waals surface area contributed by atoms with Gasteiger partial charge in [0.2, 0.25) is 5.91 Å². The predicted octanol–water partition coefficient (Wildman–Crippen LogP) is 2.70. The zero-order valence-corrected chi connectivity index (χ0v) is 23.1. The molecule has 4 rings (SSSR count). The quantitative estimate of drug-likeness (QED) is 0.348. The number of aliphatic hydroxyl groups excluding tert-OH is 1. The molecule has 5 atom stereocenters. The summed E-state index contributed by atoms with van der Waals surface area (Å²) < 4.78 is 26.3. The molecule has 10 heteroatoms. The van der Waals surface area contributed by atoms with Gasteiger partial charge in [-0.3, -0.25) is 4.79 Å². The van der Waals surface area contributed by atoms with Gasteiger partial charge in [0.1, 0.15) is 17.5 Å². The average molecular weight is 558 g/mol. The van der Waals surface area contributed by atoms with Crippen molar-refractivity contribution in [3.05, 3.63) is 59.4 Å². The van der Waals surface area contributed by atoms with Crippen LogP contribution < -0.4 is 11.1 Å². The van der Waals surface area contributed by atoms with Gasteiger partial charge >= 0.3 is 6.09 Å². The van der Waals surface area contributed by atoms with E-state index in [0.29, 0.717) is 36.9 Å². The summed E-state index contributed by atoms with van der Waals surface area (Å²) in [5, 5.41) is 25.1. The van der Waals surface area contributed by atoms with E-state index in [4.69, 9.17) is 10.5 Å². The Morgan fingerprint density at radius 1 is 1.25 bits per heavy atom. The lowest BCUT2D eigenvalue weighted by Crippen LogP contribution is -2.55. The molecule has 1 aliphatic heterocycles. The predicted molar refractivity (Wildman–Crippen MR) is 148 cm³/mol. The van der Waals surface area contributed by atoms with E-state index in [2.05, 4.69) is 10.1 Å². The number of alkyl carbamates (subject to hydrolysis) is 1. The molecule has 1 saturated carbocycles. The van der Waals surface area contributed by atoms with Crippen molar-refractivity contribution in [1.29, 1.82) is 0 Å². The maximum atomic E-state index is 15.6. The number of benzene rings is 2. The second kappa shape index (κ2) is 13.1. The van der Waals surface area contributed by atoms with Gasteiger partial charge in [0.15, 0.2) is 0 Å². The molecule has 0 radical (unpaired) electrons. The Kier molecular flexibility index (Phi) is 9.78. The van der Waals surface area contributed by atoms with Crippen molar-refractivity contribution in [3.63, 3.8) is 0 Å². The number of carbonyl (C=O) groups is 2. The lowest BCUT2D eigenvalue weighted by molar-refractivity contribution is -0.167. The SMILES string of the molecule is CCc1cccc(-c2c(F)cccc2[C@](O)(CCCNC(=O)OC)[C@H]2CN(C(=O)[C@H]3C[C@@H](N)[C@@H](O)C3)CCO2)c1. The van der Waals surface area contributed by atoms with E-state index >= 15 is 4.39 Å². The number of carbonyl (C=O) groups excluding carboxylic acids is 2. The number of aliphatic hydroxyl groups is 2. The van der Waals surface area contributed by atoms with Crippen molar-refractivity contribution < 1.29 is 33.7 Å². The third-order valence-electron chi connectivity index (χ3n) is 8.13. The minimum absolute atomic E-state index is 0.0898. The molecule has 2 fully saturated rings. The molecule has 1 aliphatic carbocycles. The van der Waals surface area contributed by atoms with Crippen molar-refractivity contribution >= 4 is 12.0 Å². The topological polar surface area (TPSA) is 134 Å². The second-order valence-corrected chi connectivity index (χ2v) is 10.7. The Labute approximate surface area is 234 Å². The highest BCUT2D eigenvalue weighted by Crippen LogP contribution is 2.41. The highest BCUT2D eigenvalue weighted by molar-refractivity contribution is 5.79. The summed E-state index contributed by atoms with van der Waals surface area (Å²) in [5.41, 5.74) is 6.56. The Morgan fingerprint density at radius 2 is 2.02 bits per heavy atom. The van der Waals surface area contributed by atoms with Crippen molar-refractivity contribution in [2.75, 3.05) is 33.4 Å². The number of nitrogens with two attached hydrogens (primary N) is 1. The van der Waals surface area contributed by atoms with Crippen LogP contribution in [-0.4, -0.2) is 78.7 Å². The molecule has 0 unspecified atom stereocenters. The number of aryl methyl sites for hydroxylation is 1. The highest BCUT2D eigenvalue weighted by Gasteiger charge is 2.46. The highest BCUT2D eigenvalue weighted by atomic mass is 19.1. The molecule has 0 bridgehead atoms. The number of ether oxygens (including phenoxy) is 2. The van der Waals surface area contributed by atoms with Gasteiger partial charge in [0.25, 0.3) is 0 Å². The monoisotopic (exact) mass is 557 g/mol. The number of halogens is 1. The maximum absolute atomic E-state index is 15.6. The van der Waals surface area contributed by atoms with Crippen molar-refractivity contribution in [3.8, 4) is 11.1 Å². The number of morpholine rings is 1. The molecular formula is C30H40FN3O6. The molecule has 40 heavy (non-hydrogen) atoms. The Bertz CT molecular complexity index is 1190. The summed E-state index contributed by atoms with van der Waals surface area (Å²) in [6.07, 6.45) is -0.246. The lowest BCUT2D eigenvalue weighted by atomic mass is 9.78. The summed E-state index contributed by atoms with van der Waals surface area (Å²) in [5.74, 6) is -1.01. The average Bonchev–Trinajstić information content (AvgIpc) is 3.32. The molecule has 2 amide bonds. The van der Waals surface area contributed by atoms with Crippen LogP contribution in [0.1, 0.15) is 43.7 Å². The van der Waals surface area contributed by atoms with Gasteiger partial charge in [0, 0.05) is 30.6 Å². The molecule has 2 aromatic rings. The molecule has 218 valence electrons. The molecule has 9 nitrogen and oxygen atoms in total. The van der Waals surface area contributed by atoms with E-state index in [1.165, 1.54) is 13.2 Å². The fourth-order valence-electron chi connectivity index (χ4n) is 5.86. The lowest BCUT2D eigenvalue weighted by Gasteiger charge is -2.43. The summed E-state index contributed by atoms with van der Waals surface area (Å²) >= 11 is 0. The summed E-state index contributed by atoms with van der Waals surface area (Å²) in [4.78, 5) is 26.6. The molecule has 0 aromatic heterocycles. The van der Waals surface area contributed by atoms with Gasteiger partial charge in [-0.25, -0.2) is 9.18 Å². The van der Waals surface area contributed by atoms with Gasteiger partial charge < -0.3 is 35.6 Å². The molecule has 0 spiro atoms. The molecule has 2 aliphatic rings. The van der Waals surface area contributed by atoms with Crippen LogP contribution in [0.5, 0.6) is 0 Å². The van der Waals surface area contributed by atoms with E-state index in [1.54, 1.807) is 17.0 Å². The maximum Gasteiger partial charge on any atom is 0.406 e. The van der Waals surface area contributed by atoms with Crippen LogP contribution >= 0.6 is 0 Å². The first-order chi connectivity index (χ1) is 19.2. The molecule has 1 saturated heterocycles. The number of rotatable bonds is 9. The molecular weight excluding hydrogens is 517 g/mol. The number of methoxy groups -OCH3 is 1. The number of hydrogen-bond acceptors (Lipinski definition) is 7. The summed E-state index contributed by atoms with van der Waals surface area (Å²) in [6, 6.07) is 11.7. The second-order valence-electron chi connectivity index (χ2n) is 10.7. The Morgan fingerprint density at radius 3 is 2.73 bits per heavy atom. The van der Waals surface area contributed by atoms with Crippen LogP contribution in [0.4, 0.5) is 9.18 Å². The zero-order chi connectivity index (χ0) is 28.9. The summed E-state index contributed by atoms with van der Waals surface area (Å²) in [6.45, 7) is 2.86. The van der Waals surface area contributed by atoms with Crippen molar-refractivity contribution in [2.24, 2.45) is 11.7 Å². The Hall–Kier alpha value is -3.05.